The smallest absolute Gasteiger partial charge is 0.0851 e. The van der Waals surface area contributed by atoms with Crippen molar-refractivity contribution >= 4 is 7.14 Å². The summed E-state index contributed by atoms with van der Waals surface area (Å²) in [5, 5.41) is 0. The van der Waals surface area contributed by atoms with E-state index in [-0.39, 0.29) is 0 Å². The first-order valence-electron chi connectivity index (χ1n) is 3.16. The van der Waals surface area contributed by atoms with Gasteiger partial charge in [0.05, 0.1) is 7.14 Å². The Morgan fingerprint density at radius 2 is 2.25 bits per heavy atom. The Morgan fingerprint density at radius 1 is 1.62 bits per heavy atom. The molecule has 2 atom stereocenters. The van der Waals surface area contributed by atoms with Gasteiger partial charge < -0.3 is 4.57 Å². The fraction of sp³-hybridized carbons (Fsp3) is 1.00. The van der Waals surface area contributed by atoms with E-state index < -0.39 is 7.14 Å². The van der Waals surface area contributed by atoms with E-state index in [1.165, 1.54) is 6.42 Å². The average molecular weight is 132 g/mol. The standard InChI is InChI=1S/C6H13OP/c1-6-3-4-8(2,7)5-6/h6H,3-5H2,1-2H3/t6-,8-/m1/s1. The molecule has 0 aromatic rings. The van der Waals surface area contributed by atoms with E-state index in [1.807, 2.05) is 6.66 Å². The highest BCUT2D eigenvalue weighted by Gasteiger charge is 2.26. The molecule has 1 aliphatic rings. The van der Waals surface area contributed by atoms with Gasteiger partial charge in [0.1, 0.15) is 0 Å². The Balaban J connectivity index is 2.57. The minimum absolute atomic E-state index is 0.728. The molecule has 0 unspecified atom stereocenters. The zero-order valence-corrected chi connectivity index (χ0v) is 6.45. The Bertz CT molecular complexity index is 130. The van der Waals surface area contributed by atoms with E-state index in [0.29, 0.717) is 0 Å². The van der Waals surface area contributed by atoms with Gasteiger partial charge in [-0.3, -0.25) is 0 Å². The van der Waals surface area contributed by atoms with Crippen molar-refractivity contribution in [2.45, 2.75) is 13.3 Å². The van der Waals surface area contributed by atoms with E-state index in [1.54, 1.807) is 0 Å². The summed E-state index contributed by atoms with van der Waals surface area (Å²) in [5.41, 5.74) is 0. The second-order valence-corrected chi connectivity index (χ2v) is 6.50. The molecule has 8 heavy (non-hydrogen) atoms. The molecular formula is C6H13OP. The lowest BCUT2D eigenvalue weighted by molar-refractivity contribution is 0.581. The van der Waals surface area contributed by atoms with Crippen LogP contribution < -0.4 is 0 Å². The van der Waals surface area contributed by atoms with Gasteiger partial charge in [0.25, 0.3) is 0 Å². The molecular weight excluding hydrogens is 119 g/mol. The summed E-state index contributed by atoms with van der Waals surface area (Å²) in [5.74, 6) is 0.728. The van der Waals surface area contributed by atoms with Crippen molar-refractivity contribution in [3.8, 4) is 0 Å². The van der Waals surface area contributed by atoms with Gasteiger partial charge in [-0.15, -0.1) is 0 Å². The third-order valence-electron chi connectivity index (χ3n) is 1.79. The van der Waals surface area contributed by atoms with Crippen molar-refractivity contribution in [3.05, 3.63) is 0 Å². The zero-order valence-electron chi connectivity index (χ0n) is 5.55. The third-order valence-corrected chi connectivity index (χ3v) is 4.39. The van der Waals surface area contributed by atoms with Crippen molar-refractivity contribution in [2.75, 3.05) is 19.0 Å². The van der Waals surface area contributed by atoms with Crippen LogP contribution in [0, 0.1) is 5.92 Å². The lowest BCUT2D eigenvalue weighted by Gasteiger charge is -1.99. The summed E-state index contributed by atoms with van der Waals surface area (Å²) < 4.78 is 11.2. The van der Waals surface area contributed by atoms with Crippen molar-refractivity contribution in [3.63, 3.8) is 0 Å². The Labute approximate surface area is 50.8 Å². The van der Waals surface area contributed by atoms with Crippen LogP contribution in [0.1, 0.15) is 13.3 Å². The Morgan fingerprint density at radius 3 is 2.38 bits per heavy atom. The van der Waals surface area contributed by atoms with Gasteiger partial charge in [-0.2, -0.15) is 0 Å². The largest absolute Gasteiger partial charge is 0.324 e. The fourth-order valence-corrected chi connectivity index (χ4v) is 4.01. The molecule has 2 heteroatoms. The fourth-order valence-electron chi connectivity index (χ4n) is 1.34. The molecule has 0 N–H and O–H groups in total. The lowest BCUT2D eigenvalue weighted by Crippen LogP contribution is -1.87. The van der Waals surface area contributed by atoms with Gasteiger partial charge in [0, 0.05) is 12.3 Å². The molecule has 48 valence electrons. The highest BCUT2D eigenvalue weighted by atomic mass is 31.2. The number of rotatable bonds is 0. The van der Waals surface area contributed by atoms with Crippen molar-refractivity contribution in [2.24, 2.45) is 5.92 Å². The van der Waals surface area contributed by atoms with Crippen LogP contribution in [0.2, 0.25) is 0 Å². The van der Waals surface area contributed by atoms with Gasteiger partial charge in [-0.25, -0.2) is 0 Å². The van der Waals surface area contributed by atoms with Crippen molar-refractivity contribution < 1.29 is 4.57 Å². The van der Waals surface area contributed by atoms with Crippen LogP contribution in [0.4, 0.5) is 0 Å². The maximum absolute atomic E-state index is 11.2. The first kappa shape index (κ1) is 6.35. The molecule has 1 saturated heterocycles. The second kappa shape index (κ2) is 1.88. The van der Waals surface area contributed by atoms with Crippen LogP contribution in [-0.4, -0.2) is 19.0 Å². The van der Waals surface area contributed by atoms with Gasteiger partial charge in [-0.05, 0) is 19.0 Å². The molecule has 0 radical (unpaired) electrons. The first-order chi connectivity index (χ1) is 3.60. The summed E-state index contributed by atoms with van der Waals surface area (Å²) in [6, 6.07) is 0. The molecule has 0 bridgehead atoms. The maximum Gasteiger partial charge on any atom is 0.0851 e. The first-order valence-corrected chi connectivity index (χ1v) is 5.68. The van der Waals surface area contributed by atoms with Crippen LogP contribution in [-0.2, 0) is 4.57 Å². The predicted molar refractivity (Wildman–Crippen MR) is 37.0 cm³/mol. The number of hydrogen-bond donors (Lipinski definition) is 0. The number of hydrogen-bond acceptors (Lipinski definition) is 1. The summed E-state index contributed by atoms with van der Waals surface area (Å²) in [6.45, 7) is 4.11. The van der Waals surface area contributed by atoms with E-state index in [2.05, 4.69) is 6.92 Å². The van der Waals surface area contributed by atoms with Crippen LogP contribution >= 0.6 is 7.14 Å². The Kier molecular flexibility index (Phi) is 1.49. The van der Waals surface area contributed by atoms with Gasteiger partial charge >= 0.3 is 0 Å². The monoisotopic (exact) mass is 132 g/mol. The third kappa shape index (κ3) is 1.35. The maximum atomic E-state index is 11.2. The second-order valence-electron chi connectivity index (χ2n) is 3.10. The van der Waals surface area contributed by atoms with E-state index in [0.717, 1.165) is 18.2 Å². The minimum Gasteiger partial charge on any atom is -0.324 e. The van der Waals surface area contributed by atoms with Gasteiger partial charge in [0.2, 0.25) is 0 Å². The van der Waals surface area contributed by atoms with Crippen molar-refractivity contribution in [1.82, 2.24) is 0 Å². The summed E-state index contributed by atoms with van der Waals surface area (Å²) in [4.78, 5) is 0. The summed E-state index contributed by atoms with van der Waals surface area (Å²) in [7, 11) is -1.60. The van der Waals surface area contributed by atoms with Gasteiger partial charge in [0.15, 0.2) is 0 Å². The molecule has 0 aliphatic carbocycles. The molecule has 0 spiro atoms. The highest BCUT2D eigenvalue weighted by Crippen LogP contribution is 2.50. The predicted octanol–water partition coefficient (Wildman–Crippen LogP) is 2.02. The molecule has 1 aliphatic heterocycles. The summed E-state index contributed by atoms with van der Waals surface area (Å²) in [6.07, 6.45) is 3.18. The lowest BCUT2D eigenvalue weighted by atomic mass is 10.2. The van der Waals surface area contributed by atoms with Crippen LogP contribution in [0.5, 0.6) is 0 Å². The topological polar surface area (TPSA) is 17.1 Å². The molecule has 1 fully saturated rings. The molecule has 0 aromatic carbocycles. The molecule has 1 nitrogen and oxygen atoms in total. The molecule has 0 aromatic heterocycles. The highest BCUT2D eigenvalue weighted by molar-refractivity contribution is 7.63. The van der Waals surface area contributed by atoms with Crippen LogP contribution in [0.15, 0.2) is 0 Å². The molecule has 0 amide bonds. The van der Waals surface area contributed by atoms with Crippen molar-refractivity contribution in [1.29, 1.82) is 0 Å². The quantitative estimate of drug-likeness (QED) is 0.461. The molecule has 1 heterocycles. The van der Waals surface area contributed by atoms with E-state index in [9.17, 15) is 4.57 Å². The summed E-state index contributed by atoms with van der Waals surface area (Å²) >= 11 is 0. The van der Waals surface area contributed by atoms with E-state index >= 15 is 0 Å². The zero-order chi connectivity index (χ0) is 6.20. The van der Waals surface area contributed by atoms with Crippen LogP contribution in [0.25, 0.3) is 0 Å². The van der Waals surface area contributed by atoms with Crippen LogP contribution in [0.3, 0.4) is 0 Å². The average Bonchev–Trinajstić information content (AvgIpc) is 1.82. The van der Waals surface area contributed by atoms with E-state index in [4.69, 9.17) is 0 Å². The normalized spacial score (nSPS) is 47.5. The van der Waals surface area contributed by atoms with Gasteiger partial charge in [-0.1, -0.05) is 6.92 Å². The minimum atomic E-state index is -1.60. The SMILES string of the molecule is C[C@@H]1CC[P@@](C)(=O)C1. The molecule has 1 rings (SSSR count). The molecule has 0 saturated carbocycles. The Hall–Kier alpha value is 0.230.